The molecule has 3 rings (SSSR count). The largest absolute Gasteiger partial charge is 0.417 e. The summed E-state index contributed by atoms with van der Waals surface area (Å²) in [4.78, 5) is 4.34. The third kappa shape index (κ3) is 2.46. The molecule has 114 valence electrons. The number of alkyl halides is 3. The molecule has 0 saturated carbocycles. The summed E-state index contributed by atoms with van der Waals surface area (Å²) in [6.07, 6.45) is -3.47. The van der Waals surface area contributed by atoms with Gasteiger partial charge in [-0.25, -0.2) is 4.98 Å². The topological polar surface area (TPSA) is 37.5 Å². The molecule has 2 aromatic heterocycles. The average molecular weight is 306 g/mol. The zero-order valence-electron chi connectivity index (χ0n) is 11.7. The molecule has 22 heavy (non-hydrogen) atoms. The van der Waals surface area contributed by atoms with Gasteiger partial charge >= 0.3 is 6.18 Å². The van der Waals surface area contributed by atoms with Gasteiger partial charge in [-0.15, -0.1) is 0 Å². The smallest absolute Gasteiger partial charge is 0.390 e. The summed E-state index contributed by atoms with van der Waals surface area (Å²) in [5, 5.41) is 9.57. The van der Waals surface area contributed by atoms with Crippen LogP contribution in [0.2, 0.25) is 0 Å². The Kier molecular flexibility index (Phi) is 3.41. The van der Waals surface area contributed by atoms with E-state index in [4.69, 9.17) is 0 Å². The van der Waals surface area contributed by atoms with Crippen LogP contribution in [0.5, 0.6) is 0 Å². The third-order valence-corrected chi connectivity index (χ3v) is 3.52. The number of fused-ring (bicyclic) bond motifs is 1. The van der Waals surface area contributed by atoms with Crippen LogP contribution in [0, 0.1) is 6.92 Å². The summed E-state index contributed by atoms with van der Waals surface area (Å²) in [7, 11) is 0. The van der Waals surface area contributed by atoms with E-state index < -0.39 is 18.3 Å². The minimum Gasteiger partial charge on any atom is -0.390 e. The van der Waals surface area contributed by atoms with Crippen molar-refractivity contribution in [2.45, 2.75) is 19.7 Å². The summed E-state index contributed by atoms with van der Waals surface area (Å²) in [5.74, 6) is 0. The molecule has 3 aromatic rings. The van der Waals surface area contributed by atoms with Gasteiger partial charge in [0, 0.05) is 11.8 Å². The van der Waals surface area contributed by atoms with Crippen molar-refractivity contribution in [3.63, 3.8) is 0 Å². The molecular formula is C16H13F3N2O. The SMILES string of the molecule is Cc1ccc(-c2nc3ccc(C(F)(F)F)cn3c2CO)cc1. The summed E-state index contributed by atoms with van der Waals surface area (Å²) in [6.45, 7) is 1.54. The Morgan fingerprint density at radius 1 is 1.09 bits per heavy atom. The molecule has 0 amide bonds. The van der Waals surface area contributed by atoms with Crippen LogP contribution in [0.3, 0.4) is 0 Å². The van der Waals surface area contributed by atoms with Crippen LogP contribution < -0.4 is 0 Å². The van der Waals surface area contributed by atoms with Gasteiger partial charge in [-0.1, -0.05) is 29.8 Å². The van der Waals surface area contributed by atoms with Crippen molar-refractivity contribution in [3.8, 4) is 11.3 Å². The molecule has 0 fully saturated rings. The predicted octanol–water partition coefficient (Wildman–Crippen LogP) is 3.82. The lowest BCUT2D eigenvalue weighted by atomic mass is 10.1. The highest BCUT2D eigenvalue weighted by atomic mass is 19.4. The van der Waals surface area contributed by atoms with Crippen LogP contribution in [0.25, 0.3) is 16.9 Å². The average Bonchev–Trinajstić information content (AvgIpc) is 2.84. The second kappa shape index (κ2) is 5.14. The first kappa shape index (κ1) is 14.6. The van der Waals surface area contributed by atoms with Crippen molar-refractivity contribution in [2.75, 3.05) is 0 Å². The van der Waals surface area contributed by atoms with Crippen LogP contribution in [0.4, 0.5) is 13.2 Å². The van der Waals surface area contributed by atoms with Crippen molar-refractivity contribution < 1.29 is 18.3 Å². The zero-order valence-corrected chi connectivity index (χ0v) is 11.7. The van der Waals surface area contributed by atoms with Crippen molar-refractivity contribution in [1.29, 1.82) is 0 Å². The maximum Gasteiger partial charge on any atom is 0.417 e. The molecule has 0 unspecified atom stereocenters. The van der Waals surface area contributed by atoms with Gasteiger partial charge in [-0.05, 0) is 19.1 Å². The Morgan fingerprint density at radius 3 is 2.36 bits per heavy atom. The fraction of sp³-hybridized carbons (Fsp3) is 0.188. The van der Waals surface area contributed by atoms with E-state index in [1.165, 1.54) is 10.5 Å². The van der Waals surface area contributed by atoms with Crippen LogP contribution in [0.1, 0.15) is 16.8 Å². The normalized spacial score (nSPS) is 12.0. The van der Waals surface area contributed by atoms with Gasteiger partial charge in [0.25, 0.3) is 0 Å². The second-order valence-electron chi connectivity index (χ2n) is 5.07. The van der Waals surface area contributed by atoms with E-state index >= 15 is 0 Å². The lowest BCUT2D eigenvalue weighted by Gasteiger charge is -2.08. The molecular weight excluding hydrogens is 293 g/mol. The van der Waals surface area contributed by atoms with Gasteiger partial charge in [0.1, 0.15) is 5.65 Å². The Hall–Kier alpha value is -2.34. The summed E-state index contributed by atoms with van der Waals surface area (Å²) >= 11 is 0. The molecule has 0 atom stereocenters. The fourth-order valence-corrected chi connectivity index (χ4v) is 2.35. The maximum absolute atomic E-state index is 12.8. The van der Waals surface area contributed by atoms with Crippen LogP contribution in [-0.2, 0) is 12.8 Å². The summed E-state index contributed by atoms with van der Waals surface area (Å²) in [6, 6.07) is 9.74. The molecule has 0 saturated heterocycles. The third-order valence-electron chi connectivity index (χ3n) is 3.52. The first-order chi connectivity index (χ1) is 10.4. The molecule has 1 N–H and O–H groups in total. The molecule has 0 radical (unpaired) electrons. The number of nitrogens with zero attached hydrogens (tertiary/aromatic N) is 2. The fourth-order valence-electron chi connectivity index (χ4n) is 2.35. The molecule has 0 aliphatic rings. The van der Waals surface area contributed by atoms with Gasteiger partial charge in [0.15, 0.2) is 0 Å². The van der Waals surface area contributed by atoms with Crippen LogP contribution in [0.15, 0.2) is 42.6 Å². The van der Waals surface area contributed by atoms with E-state index in [-0.39, 0.29) is 0 Å². The molecule has 6 heteroatoms. The maximum atomic E-state index is 12.8. The number of aromatic nitrogens is 2. The molecule has 0 aliphatic heterocycles. The van der Waals surface area contributed by atoms with Gasteiger partial charge in [-0.3, -0.25) is 0 Å². The second-order valence-corrected chi connectivity index (χ2v) is 5.07. The number of hydrogen-bond donors (Lipinski definition) is 1. The highest BCUT2D eigenvalue weighted by Crippen LogP contribution is 2.31. The Morgan fingerprint density at radius 2 is 1.77 bits per heavy atom. The van der Waals surface area contributed by atoms with E-state index in [1.54, 1.807) is 0 Å². The number of aliphatic hydroxyl groups excluding tert-OH is 1. The number of aryl methyl sites for hydroxylation is 1. The number of benzene rings is 1. The number of hydrogen-bond acceptors (Lipinski definition) is 2. The van der Waals surface area contributed by atoms with Crippen molar-refractivity contribution in [1.82, 2.24) is 9.38 Å². The number of halogens is 3. The van der Waals surface area contributed by atoms with Gasteiger partial charge in [0.05, 0.1) is 23.6 Å². The molecule has 0 aliphatic carbocycles. The number of imidazole rings is 1. The van der Waals surface area contributed by atoms with Gasteiger partial charge in [0.2, 0.25) is 0 Å². The molecule has 1 aromatic carbocycles. The number of pyridine rings is 1. The predicted molar refractivity (Wildman–Crippen MR) is 76.3 cm³/mol. The minimum atomic E-state index is -4.44. The highest BCUT2D eigenvalue weighted by Gasteiger charge is 2.31. The van der Waals surface area contributed by atoms with Gasteiger partial charge in [-0.2, -0.15) is 13.2 Å². The van der Waals surface area contributed by atoms with Crippen LogP contribution in [-0.4, -0.2) is 14.5 Å². The van der Waals surface area contributed by atoms with Crippen molar-refractivity contribution in [2.24, 2.45) is 0 Å². The Bertz CT molecular complexity index is 820. The quantitative estimate of drug-likeness (QED) is 0.781. The highest BCUT2D eigenvalue weighted by molar-refractivity contribution is 5.67. The first-order valence-corrected chi connectivity index (χ1v) is 6.66. The monoisotopic (exact) mass is 306 g/mol. The van der Waals surface area contributed by atoms with Gasteiger partial charge < -0.3 is 9.51 Å². The summed E-state index contributed by atoms with van der Waals surface area (Å²) in [5.41, 5.74) is 2.24. The molecule has 3 nitrogen and oxygen atoms in total. The standard InChI is InChI=1S/C16H13F3N2O/c1-10-2-4-11(5-3-10)15-13(9-22)21-8-12(16(17,18)19)6-7-14(21)20-15/h2-8,22H,9H2,1H3. The van der Waals surface area contributed by atoms with E-state index in [0.717, 1.165) is 23.4 Å². The van der Waals surface area contributed by atoms with Crippen LogP contribution >= 0.6 is 0 Å². The van der Waals surface area contributed by atoms with E-state index in [1.807, 2.05) is 31.2 Å². The van der Waals surface area contributed by atoms with E-state index in [9.17, 15) is 18.3 Å². The molecule has 2 heterocycles. The van der Waals surface area contributed by atoms with Crippen molar-refractivity contribution in [3.05, 3.63) is 59.4 Å². The zero-order chi connectivity index (χ0) is 15.9. The van der Waals surface area contributed by atoms with E-state index in [0.29, 0.717) is 17.0 Å². The molecule has 0 spiro atoms. The summed E-state index contributed by atoms with van der Waals surface area (Å²) < 4.78 is 39.8. The van der Waals surface area contributed by atoms with Crippen molar-refractivity contribution >= 4 is 5.65 Å². The lowest BCUT2D eigenvalue weighted by molar-refractivity contribution is -0.137. The first-order valence-electron chi connectivity index (χ1n) is 6.66. The molecule has 0 bridgehead atoms. The lowest BCUT2D eigenvalue weighted by Crippen LogP contribution is -2.07. The minimum absolute atomic E-state index is 0.338. The Labute approximate surface area is 124 Å². The number of aliphatic hydroxyl groups is 1. The Balaban J connectivity index is 2.22. The number of rotatable bonds is 2. The van der Waals surface area contributed by atoms with E-state index in [2.05, 4.69) is 4.98 Å².